The summed E-state index contributed by atoms with van der Waals surface area (Å²) in [6.07, 6.45) is 3.22. The van der Waals surface area contributed by atoms with Gasteiger partial charge in [-0.15, -0.1) is 11.3 Å². The molecule has 0 saturated heterocycles. The summed E-state index contributed by atoms with van der Waals surface area (Å²) in [5.41, 5.74) is 5.62. The SMILES string of the molecule is C/C(=N/NC(=O)c1cc2c(s1)CC[C@@H](C)C2)c1ccc(C)c([N+](=O)[O-])c1. The molecule has 0 radical (unpaired) electrons. The van der Waals surface area contributed by atoms with Gasteiger partial charge in [-0.25, -0.2) is 5.43 Å². The molecule has 2 aromatic rings. The number of hydrazone groups is 1. The molecule has 1 aliphatic rings. The normalized spacial score (nSPS) is 16.9. The third-order valence-electron chi connectivity index (χ3n) is 4.70. The second-order valence-corrected chi connectivity index (χ2v) is 7.94. The number of carbonyl (C=O) groups excluding carboxylic acids is 1. The zero-order valence-corrected chi connectivity index (χ0v) is 15.9. The van der Waals surface area contributed by atoms with Crippen molar-refractivity contribution < 1.29 is 9.72 Å². The van der Waals surface area contributed by atoms with E-state index in [2.05, 4.69) is 17.5 Å². The van der Waals surface area contributed by atoms with Crippen LogP contribution in [0.25, 0.3) is 0 Å². The van der Waals surface area contributed by atoms with E-state index in [9.17, 15) is 14.9 Å². The molecule has 0 bridgehead atoms. The van der Waals surface area contributed by atoms with E-state index in [0.29, 0.717) is 27.6 Å². The molecule has 1 atom stereocenters. The van der Waals surface area contributed by atoms with Crippen LogP contribution in [0, 0.1) is 23.0 Å². The third kappa shape index (κ3) is 3.83. The molecule has 3 rings (SSSR count). The summed E-state index contributed by atoms with van der Waals surface area (Å²) in [5, 5.41) is 15.2. The minimum Gasteiger partial charge on any atom is -0.266 e. The lowest BCUT2D eigenvalue weighted by atomic mass is 9.90. The maximum absolute atomic E-state index is 12.4. The highest BCUT2D eigenvalue weighted by molar-refractivity contribution is 7.14. The number of hydrogen-bond acceptors (Lipinski definition) is 5. The van der Waals surface area contributed by atoms with Gasteiger partial charge < -0.3 is 0 Å². The fourth-order valence-corrected chi connectivity index (χ4v) is 4.20. The van der Waals surface area contributed by atoms with E-state index < -0.39 is 4.92 Å². The number of fused-ring (bicyclic) bond motifs is 1. The van der Waals surface area contributed by atoms with Crippen LogP contribution >= 0.6 is 11.3 Å². The van der Waals surface area contributed by atoms with Gasteiger partial charge >= 0.3 is 0 Å². The van der Waals surface area contributed by atoms with E-state index in [4.69, 9.17) is 0 Å². The standard InChI is InChI=1S/C19H21N3O3S/c1-11-4-7-17-15(8-11)10-18(26-17)19(23)21-20-13(3)14-6-5-12(2)16(9-14)22(24)25/h5-6,9-11H,4,7-8H2,1-3H3,(H,21,23)/b20-13-/t11-/m1/s1. The molecule has 6 nitrogen and oxygen atoms in total. The Bertz CT molecular complexity index is 901. The number of aryl methyl sites for hydroxylation is 2. The minimum atomic E-state index is -0.415. The first-order valence-corrected chi connectivity index (χ1v) is 9.38. The van der Waals surface area contributed by atoms with Crippen LogP contribution in [0.1, 0.15) is 51.5 Å². The molecule has 0 spiro atoms. The number of benzene rings is 1. The van der Waals surface area contributed by atoms with Crippen molar-refractivity contribution in [1.29, 1.82) is 0 Å². The molecule has 7 heteroatoms. The van der Waals surface area contributed by atoms with Crippen LogP contribution in [-0.2, 0) is 12.8 Å². The summed E-state index contributed by atoms with van der Waals surface area (Å²) >= 11 is 1.53. The van der Waals surface area contributed by atoms with Crippen molar-refractivity contribution in [2.24, 2.45) is 11.0 Å². The number of amides is 1. The van der Waals surface area contributed by atoms with E-state index >= 15 is 0 Å². The minimum absolute atomic E-state index is 0.0448. The highest BCUT2D eigenvalue weighted by Gasteiger charge is 2.20. The first kappa shape index (κ1) is 18.3. The second-order valence-electron chi connectivity index (χ2n) is 6.80. The predicted molar refractivity (Wildman–Crippen MR) is 103 cm³/mol. The molecular weight excluding hydrogens is 350 g/mol. The molecule has 26 heavy (non-hydrogen) atoms. The average Bonchev–Trinajstić information content (AvgIpc) is 3.02. The number of carbonyl (C=O) groups is 1. The lowest BCUT2D eigenvalue weighted by Gasteiger charge is -2.16. The summed E-state index contributed by atoms with van der Waals surface area (Å²) in [4.78, 5) is 25.0. The monoisotopic (exact) mass is 371 g/mol. The molecule has 1 heterocycles. The molecule has 1 aromatic heterocycles. The number of hydrogen-bond donors (Lipinski definition) is 1. The second kappa shape index (κ2) is 7.37. The average molecular weight is 371 g/mol. The van der Waals surface area contributed by atoms with Gasteiger partial charge in [0.25, 0.3) is 11.6 Å². The van der Waals surface area contributed by atoms with Crippen LogP contribution in [0.4, 0.5) is 5.69 Å². The highest BCUT2D eigenvalue weighted by atomic mass is 32.1. The van der Waals surface area contributed by atoms with Crippen molar-refractivity contribution in [3.8, 4) is 0 Å². The molecule has 136 valence electrons. The predicted octanol–water partition coefficient (Wildman–Crippen LogP) is 4.24. The molecule has 0 fully saturated rings. The molecule has 1 N–H and O–H groups in total. The molecule has 0 aliphatic heterocycles. The maximum Gasteiger partial charge on any atom is 0.281 e. The number of nitrogens with one attached hydrogen (secondary N) is 1. The third-order valence-corrected chi connectivity index (χ3v) is 5.94. The summed E-state index contributed by atoms with van der Waals surface area (Å²) in [7, 11) is 0. The lowest BCUT2D eigenvalue weighted by Crippen LogP contribution is -2.18. The zero-order valence-electron chi connectivity index (χ0n) is 15.0. The van der Waals surface area contributed by atoms with Gasteiger partial charge in [0.05, 0.1) is 15.5 Å². The van der Waals surface area contributed by atoms with Crippen molar-refractivity contribution in [3.63, 3.8) is 0 Å². The summed E-state index contributed by atoms with van der Waals surface area (Å²) in [6.45, 7) is 5.64. The number of thiophene rings is 1. The summed E-state index contributed by atoms with van der Waals surface area (Å²) in [5.74, 6) is 0.420. The van der Waals surface area contributed by atoms with Gasteiger partial charge in [-0.2, -0.15) is 5.10 Å². The quantitative estimate of drug-likeness (QED) is 0.495. The van der Waals surface area contributed by atoms with Crippen molar-refractivity contribution in [2.75, 3.05) is 0 Å². The Balaban J connectivity index is 1.74. The Morgan fingerprint density at radius 1 is 1.38 bits per heavy atom. The molecule has 1 aromatic carbocycles. The van der Waals surface area contributed by atoms with Gasteiger partial charge in [0.15, 0.2) is 0 Å². The van der Waals surface area contributed by atoms with Crippen molar-refractivity contribution >= 4 is 28.6 Å². The Kier molecular flexibility index (Phi) is 5.18. The Labute approximate surface area is 156 Å². The van der Waals surface area contributed by atoms with Gasteiger partial charge in [-0.3, -0.25) is 14.9 Å². The highest BCUT2D eigenvalue weighted by Crippen LogP contribution is 2.32. The number of nitrogens with zero attached hydrogens (tertiary/aromatic N) is 2. The Morgan fingerprint density at radius 2 is 2.15 bits per heavy atom. The first-order chi connectivity index (χ1) is 12.3. The van der Waals surface area contributed by atoms with Gasteiger partial charge in [0.2, 0.25) is 0 Å². The molecular formula is C19H21N3O3S. The summed E-state index contributed by atoms with van der Waals surface area (Å²) < 4.78 is 0. The van der Waals surface area contributed by atoms with Gasteiger partial charge in [-0.05, 0) is 50.7 Å². The Hall–Kier alpha value is -2.54. The summed E-state index contributed by atoms with van der Waals surface area (Å²) in [6, 6.07) is 6.89. The molecule has 1 aliphatic carbocycles. The van der Waals surface area contributed by atoms with Crippen LogP contribution in [-0.4, -0.2) is 16.5 Å². The molecule has 0 saturated carbocycles. The topological polar surface area (TPSA) is 84.6 Å². The number of nitro benzene ring substituents is 1. The largest absolute Gasteiger partial charge is 0.281 e. The van der Waals surface area contributed by atoms with Crippen LogP contribution in [0.15, 0.2) is 29.4 Å². The number of rotatable bonds is 4. The van der Waals surface area contributed by atoms with E-state index in [1.807, 2.05) is 6.07 Å². The fourth-order valence-electron chi connectivity index (χ4n) is 3.10. The van der Waals surface area contributed by atoms with Crippen LogP contribution in [0.3, 0.4) is 0 Å². The van der Waals surface area contributed by atoms with Crippen LogP contribution in [0.2, 0.25) is 0 Å². The van der Waals surface area contributed by atoms with Gasteiger partial charge in [-0.1, -0.05) is 19.1 Å². The van der Waals surface area contributed by atoms with Crippen LogP contribution < -0.4 is 5.43 Å². The smallest absolute Gasteiger partial charge is 0.266 e. The zero-order chi connectivity index (χ0) is 18.8. The fraction of sp³-hybridized carbons (Fsp3) is 0.368. The van der Waals surface area contributed by atoms with E-state index in [0.717, 1.165) is 19.3 Å². The van der Waals surface area contributed by atoms with Gasteiger partial charge in [0, 0.05) is 22.1 Å². The van der Waals surface area contributed by atoms with Crippen molar-refractivity contribution in [3.05, 3.63) is 60.8 Å². The maximum atomic E-state index is 12.4. The van der Waals surface area contributed by atoms with E-state index in [1.165, 1.54) is 27.8 Å². The first-order valence-electron chi connectivity index (χ1n) is 8.56. The van der Waals surface area contributed by atoms with Gasteiger partial charge in [0.1, 0.15) is 0 Å². The van der Waals surface area contributed by atoms with E-state index in [-0.39, 0.29) is 11.6 Å². The lowest BCUT2D eigenvalue weighted by molar-refractivity contribution is -0.385. The molecule has 1 amide bonds. The van der Waals surface area contributed by atoms with Crippen molar-refractivity contribution in [2.45, 2.75) is 40.0 Å². The van der Waals surface area contributed by atoms with E-state index in [1.54, 1.807) is 26.0 Å². The number of nitro groups is 1. The van der Waals surface area contributed by atoms with Crippen LogP contribution in [0.5, 0.6) is 0 Å². The van der Waals surface area contributed by atoms with Crippen molar-refractivity contribution in [1.82, 2.24) is 5.43 Å². The molecule has 0 unspecified atom stereocenters. The Morgan fingerprint density at radius 3 is 2.88 bits per heavy atom.